The van der Waals surface area contributed by atoms with Gasteiger partial charge in [0, 0.05) is 49.9 Å². The minimum Gasteiger partial charge on any atom is -0.369 e. The molecule has 1 aliphatic carbocycles. The Morgan fingerprint density at radius 1 is 1.05 bits per heavy atom. The normalized spacial score (nSPS) is 27.5. The Labute approximate surface area is 220 Å². The van der Waals surface area contributed by atoms with Gasteiger partial charge < -0.3 is 19.9 Å². The fraction of sp³-hybridized carbons (Fsp3) is 0.690. The molecule has 8 heteroatoms. The number of hydrogen-bond acceptors (Lipinski definition) is 6. The van der Waals surface area contributed by atoms with E-state index in [-0.39, 0.29) is 42.1 Å². The van der Waals surface area contributed by atoms with Gasteiger partial charge in [0.25, 0.3) is 5.91 Å². The Bertz CT molecular complexity index is 969. The molecule has 8 nitrogen and oxygen atoms in total. The van der Waals surface area contributed by atoms with Gasteiger partial charge in [-0.1, -0.05) is 26.7 Å². The highest BCUT2D eigenvalue weighted by molar-refractivity contribution is 5.99. The molecule has 0 unspecified atom stereocenters. The number of ketones is 1. The minimum atomic E-state index is -0.606. The number of nitrogens with zero attached hydrogens (tertiary/aromatic N) is 3. The molecule has 1 aromatic rings. The van der Waals surface area contributed by atoms with Crippen LogP contribution in [0.5, 0.6) is 0 Å². The zero-order valence-electron chi connectivity index (χ0n) is 22.4. The Kier molecular flexibility index (Phi) is 8.15. The lowest BCUT2D eigenvalue weighted by Crippen LogP contribution is -2.54. The maximum atomic E-state index is 13.9. The van der Waals surface area contributed by atoms with Crippen molar-refractivity contribution >= 4 is 23.3 Å². The van der Waals surface area contributed by atoms with Crippen molar-refractivity contribution in [2.75, 3.05) is 50.8 Å². The Morgan fingerprint density at radius 3 is 2.41 bits per heavy atom. The molecule has 2 amide bonds. The highest BCUT2D eigenvalue weighted by Crippen LogP contribution is 2.36. The van der Waals surface area contributed by atoms with Crippen molar-refractivity contribution < 1.29 is 19.1 Å². The van der Waals surface area contributed by atoms with Crippen molar-refractivity contribution in [3.63, 3.8) is 0 Å². The fourth-order valence-corrected chi connectivity index (χ4v) is 6.79. The van der Waals surface area contributed by atoms with Gasteiger partial charge in [0.1, 0.15) is 18.7 Å². The number of piperazine rings is 1. The van der Waals surface area contributed by atoms with Crippen molar-refractivity contribution in [2.24, 2.45) is 11.8 Å². The van der Waals surface area contributed by atoms with Gasteiger partial charge in [-0.05, 0) is 62.4 Å². The Hall–Kier alpha value is -2.45. The smallest absolute Gasteiger partial charge is 0.251 e. The summed E-state index contributed by atoms with van der Waals surface area (Å²) < 4.78 is 5.77. The predicted molar refractivity (Wildman–Crippen MR) is 143 cm³/mol. The van der Waals surface area contributed by atoms with Crippen molar-refractivity contribution in [2.45, 2.75) is 70.6 Å². The third-order valence-electron chi connectivity index (χ3n) is 8.93. The highest BCUT2D eigenvalue weighted by atomic mass is 16.5. The van der Waals surface area contributed by atoms with Gasteiger partial charge in [-0.2, -0.15) is 0 Å². The van der Waals surface area contributed by atoms with Gasteiger partial charge >= 0.3 is 0 Å². The predicted octanol–water partition coefficient (Wildman–Crippen LogP) is 2.71. The third-order valence-corrected chi connectivity index (χ3v) is 8.93. The number of carbonyl (C=O) groups is 3. The summed E-state index contributed by atoms with van der Waals surface area (Å²) in [6, 6.07) is 6.66. The zero-order chi connectivity index (χ0) is 25.9. The number of carbonyl (C=O) groups excluding carboxylic acids is 3. The molecule has 5 rings (SSSR count). The molecule has 1 aromatic carbocycles. The van der Waals surface area contributed by atoms with E-state index in [9.17, 15) is 14.4 Å². The van der Waals surface area contributed by atoms with Crippen LogP contribution < -0.4 is 10.2 Å². The van der Waals surface area contributed by atoms with Crippen LogP contribution in [0.25, 0.3) is 0 Å². The molecule has 37 heavy (non-hydrogen) atoms. The number of hydrogen-bond donors (Lipinski definition) is 1. The second-order valence-corrected chi connectivity index (χ2v) is 11.2. The van der Waals surface area contributed by atoms with Crippen LogP contribution in [0, 0.1) is 11.8 Å². The van der Waals surface area contributed by atoms with E-state index in [0.29, 0.717) is 12.1 Å². The van der Waals surface area contributed by atoms with Gasteiger partial charge in [0.15, 0.2) is 5.78 Å². The summed E-state index contributed by atoms with van der Waals surface area (Å²) in [7, 11) is 0. The molecule has 202 valence electrons. The molecule has 0 radical (unpaired) electrons. The number of likely N-dealkylation sites (tertiary alicyclic amines) is 1. The molecular weight excluding hydrogens is 468 g/mol. The van der Waals surface area contributed by atoms with Crippen LogP contribution in [-0.4, -0.2) is 91.5 Å². The number of nitrogens with one attached hydrogen (secondary N) is 1. The standard InChI is InChI=1S/C29H42N4O4/c1-3-13-31-14-16-32(17-15-31)23-11-9-22(10-12-23)28(35)30-25(21-7-5-6-8-21)29(36)33-18-20(4-2)27-26(33)24(34)19-37-27/h9-12,20-21,25-27H,3-8,13-19H2,1-2H3,(H,30,35)/t20-,25-,26+,27+/m0/s1. The summed E-state index contributed by atoms with van der Waals surface area (Å²) >= 11 is 0. The number of Topliss-reactive ketones (excluding diaryl/α,β-unsaturated/α-hetero) is 1. The van der Waals surface area contributed by atoms with E-state index in [4.69, 9.17) is 4.74 Å². The molecule has 1 N–H and O–H groups in total. The molecule has 4 fully saturated rings. The van der Waals surface area contributed by atoms with Crippen molar-refractivity contribution in [1.29, 1.82) is 0 Å². The van der Waals surface area contributed by atoms with Crippen molar-refractivity contribution in [1.82, 2.24) is 15.1 Å². The molecular formula is C29H42N4O4. The molecule has 4 aliphatic rings. The third kappa shape index (κ3) is 5.41. The first-order valence-electron chi connectivity index (χ1n) is 14.3. The number of benzene rings is 1. The first-order chi connectivity index (χ1) is 18.0. The molecule has 0 bridgehead atoms. The van der Waals surface area contributed by atoms with Crippen LogP contribution in [0.15, 0.2) is 24.3 Å². The van der Waals surface area contributed by atoms with Gasteiger partial charge in [-0.15, -0.1) is 0 Å². The van der Waals surface area contributed by atoms with E-state index in [1.54, 1.807) is 4.90 Å². The van der Waals surface area contributed by atoms with E-state index >= 15 is 0 Å². The SMILES string of the molecule is CCCN1CCN(c2ccc(C(=O)N[C@H](C(=O)N3C[C@H](CC)[C@H]4OCC(=O)[C@H]43)C3CCCC3)cc2)CC1. The number of rotatable bonds is 8. The average Bonchev–Trinajstić information content (AvgIpc) is 3.67. The van der Waals surface area contributed by atoms with Crippen LogP contribution in [0.2, 0.25) is 0 Å². The summed E-state index contributed by atoms with van der Waals surface area (Å²) in [6.07, 6.45) is 5.80. The van der Waals surface area contributed by atoms with Gasteiger partial charge in [0.05, 0.1) is 6.10 Å². The monoisotopic (exact) mass is 510 g/mol. The zero-order valence-corrected chi connectivity index (χ0v) is 22.4. The molecule has 4 atom stereocenters. The van der Waals surface area contributed by atoms with Crippen LogP contribution in [0.3, 0.4) is 0 Å². The number of fused-ring (bicyclic) bond motifs is 1. The summed E-state index contributed by atoms with van der Waals surface area (Å²) in [5.74, 6) is -0.0895. The lowest BCUT2D eigenvalue weighted by molar-refractivity contribution is -0.139. The maximum absolute atomic E-state index is 13.9. The Balaban J connectivity index is 1.27. The van der Waals surface area contributed by atoms with E-state index in [1.807, 2.05) is 24.3 Å². The largest absolute Gasteiger partial charge is 0.369 e. The molecule has 1 saturated carbocycles. The van der Waals surface area contributed by atoms with Crippen molar-refractivity contribution in [3.8, 4) is 0 Å². The lowest BCUT2D eigenvalue weighted by atomic mass is 9.95. The van der Waals surface area contributed by atoms with E-state index < -0.39 is 12.1 Å². The van der Waals surface area contributed by atoms with E-state index in [0.717, 1.165) is 70.5 Å². The van der Waals surface area contributed by atoms with E-state index in [1.165, 1.54) is 6.42 Å². The van der Waals surface area contributed by atoms with Crippen LogP contribution in [-0.2, 0) is 14.3 Å². The van der Waals surface area contributed by atoms with Crippen LogP contribution >= 0.6 is 0 Å². The van der Waals surface area contributed by atoms with Crippen molar-refractivity contribution in [3.05, 3.63) is 29.8 Å². The second kappa shape index (κ2) is 11.5. The minimum absolute atomic E-state index is 0.0167. The summed E-state index contributed by atoms with van der Waals surface area (Å²) in [5, 5.41) is 3.10. The molecule has 0 aromatic heterocycles. The second-order valence-electron chi connectivity index (χ2n) is 11.2. The highest BCUT2D eigenvalue weighted by Gasteiger charge is 2.53. The average molecular weight is 511 g/mol. The van der Waals surface area contributed by atoms with Gasteiger partial charge in [-0.3, -0.25) is 19.3 Å². The lowest BCUT2D eigenvalue weighted by Gasteiger charge is -2.36. The maximum Gasteiger partial charge on any atom is 0.251 e. The number of amides is 2. The first kappa shape index (κ1) is 26.2. The Morgan fingerprint density at radius 2 is 1.76 bits per heavy atom. The topological polar surface area (TPSA) is 82.2 Å². The summed E-state index contributed by atoms with van der Waals surface area (Å²) in [4.78, 5) is 46.4. The quantitative estimate of drug-likeness (QED) is 0.579. The van der Waals surface area contributed by atoms with Crippen LogP contribution in [0.1, 0.15) is 62.7 Å². The number of anilines is 1. The van der Waals surface area contributed by atoms with Crippen LogP contribution in [0.4, 0.5) is 5.69 Å². The summed E-state index contributed by atoms with van der Waals surface area (Å²) in [5.41, 5.74) is 1.69. The molecule has 0 spiro atoms. The summed E-state index contributed by atoms with van der Waals surface area (Å²) in [6.45, 7) is 10.1. The first-order valence-corrected chi connectivity index (χ1v) is 14.3. The van der Waals surface area contributed by atoms with Gasteiger partial charge in [-0.25, -0.2) is 0 Å². The van der Waals surface area contributed by atoms with E-state index in [2.05, 4.69) is 29.0 Å². The number of ether oxygens (including phenoxy) is 1. The molecule has 3 aliphatic heterocycles. The molecule has 3 saturated heterocycles. The molecule has 3 heterocycles. The fourth-order valence-electron chi connectivity index (χ4n) is 6.79. The van der Waals surface area contributed by atoms with Gasteiger partial charge in [0.2, 0.25) is 5.91 Å².